The van der Waals surface area contributed by atoms with Crippen LogP contribution in [0.4, 0.5) is 10.5 Å². The number of urea groups is 1. The molecule has 1 aliphatic rings. The molecule has 2 atom stereocenters. The minimum absolute atomic E-state index is 0.217. The Hall–Kier alpha value is -1.99. The first kappa shape index (κ1) is 24.3. The lowest BCUT2D eigenvalue weighted by Crippen LogP contribution is -2.48. The maximum Gasteiger partial charge on any atom is 0.319 e. The van der Waals surface area contributed by atoms with E-state index in [0.29, 0.717) is 22.3 Å². The van der Waals surface area contributed by atoms with E-state index in [1.165, 1.54) is 6.07 Å². The Morgan fingerprint density at radius 1 is 1.20 bits per heavy atom. The fourth-order valence-electron chi connectivity index (χ4n) is 3.19. The van der Waals surface area contributed by atoms with Gasteiger partial charge < -0.3 is 20.3 Å². The summed E-state index contributed by atoms with van der Waals surface area (Å²) in [6, 6.07) is 3.04. The highest BCUT2D eigenvalue weighted by atomic mass is 35.5. The fourth-order valence-corrected chi connectivity index (χ4v) is 3.49. The lowest BCUT2D eigenvalue weighted by atomic mass is 10.0. The molecule has 1 saturated heterocycles. The number of nitrogens with zero attached hydrogens (tertiary/aromatic N) is 1. The second kappa shape index (κ2) is 10.4. The van der Waals surface area contributed by atoms with Crippen LogP contribution >= 0.6 is 23.2 Å². The van der Waals surface area contributed by atoms with Crippen molar-refractivity contribution in [2.24, 2.45) is 5.92 Å². The number of amides is 3. The molecule has 1 aromatic carbocycles. The van der Waals surface area contributed by atoms with E-state index < -0.39 is 29.6 Å². The molecule has 1 aliphatic heterocycles. The first-order valence-corrected chi connectivity index (χ1v) is 10.8. The first-order valence-electron chi connectivity index (χ1n) is 10.1. The van der Waals surface area contributed by atoms with Crippen molar-refractivity contribution < 1.29 is 19.1 Å². The Morgan fingerprint density at radius 3 is 2.50 bits per heavy atom. The topological polar surface area (TPSA) is 87.7 Å². The number of hydrogen-bond donors (Lipinski definition) is 2. The molecule has 0 saturated carbocycles. The lowest BCUT2D eigenvalue weighted by Gasteiger charge is -2.24. The van der Waals surface area contributed by atoms with Gasteiger partial charge >= 0.3 is 12.0 Å². The number of unbranched alkanes of at least 4 members (excludes halogenated alkanes) is 2. The molecule has 1 fully saturated rings. The Balaban J connectivity index is 2.12. The minimum Gasteiger partial charge on any atom is -0.460 e. The van der Waals surface area contributed by atoms with E-state index >= 15 is 0 Å². The zero-order valence-electron chi connectivity index (χ0n) is 17.8. The normalized spacial score (nSPS) is 19.0. The van der Waals surface area contributed by atoms with Crippen molar-refractivity contribution in [3.8, 4) is 0 Å². The molecule has 2 N–H and O–H groups in total. The molecule has 2 rings (SSSR count). The van der Waals surface area contributed by atoms with Gasteiger partial charge in [-0.05, 0) is 45.4 Å². The van der Waals surface area contributed by atoms with E-state index in [0.717, 1.165) is 19.3 Å². The summed E-state index contributed by atoms with van der Waals surface area (Å²) in [5.41, 5.74) is -0.274. The Morgan fingerprint density at radius 2 is 1.90 bits per heavy atom. The summed E-state index contributed by atoms with van der Waals surface area (Å²) in [6.45, 7) is 8.13. The van der Waals surface area contributed by atoms with Crippen molar-refractivity contribution in [3.05, 3.63) is 28.2 Å². The van der Waals surface area contributed by atoms with Crippen LogP contribution in [0.15, 0.2) is 18.2 Å². The highest BCUT2D eigenvalue weighted by Crippen LogP contribution is 2.26. The summed E-state index contributed by atoms with van der Waals surface area (Å²) >= 11 is 11.9. The van der Waals surface area contributed by atoms with Gasteiger partial charge in [0.2, 0.25) is 5.91 Å². The maximum absolute atomic E-state index is 12.9. The summed E-state index contributed by atoms with van der Waals surface area (Å²) in [4.78, 5) is 39.7. The van der Waals surface area contributed by atoms with E-state index in [9.17, 15) is 14.4 Å². The predicted octanol–water partition coefficient (Wildman–Crippen LogP) is 4.47. The average molecular weight is 458 g/mol. The SMILES string of the molecule is CCCCCN1C[C@@H](C(=O)OC(C)(C)C)[C@@H](NC(=O)Nc2ccc(Cl)c(Cl)c2)C1=O. The third-order valence-corrected chi connectivity index (χ3v) is 5.34. The van der Waals surface area contributed by atoms with Crippen LogP contribution in [0.25, 0.3) is 0 Å². The van der Waals surface area contributed by atoms with Crippen molar-refractivity contribution in [2.75, 3.05) is 18.4 Å². The first-order chi connectivity index (χ1) is 14.0. The highest BCUT2D eigenvalue weighted by molar-refractivity contribution is 6.42. The van der Waals surface area contributed by atoms with Gasteiger partial charge in [0.15, 0.2) is 0 Å². The molecule has 1 aromatic rings. The monoisotopic (exact) mass is 457 g/mol. The Labute approximate surface area is 187 Å². The van der Waals surface area contributed by atoms with Crippen LogP contribution < -0.4 is 10.6 Å². The van der Waals surface area contributed by atoms with Gasteiger partial charge in [0.25, 0.3) is 0 Å². The number of benzene rings is 1. The number of carbonyl (C=O) groups excluding carboxylic acids is 3. The van der Waals surface area contributed by atoms with Crippen molar-refractivity contribution >= 4 is 46.8 Å². The van der Waals surface area contributed by atoms with Gasteiger partial charge in [-0.15, -0.1) is 0 Å². The molecule has 0 bridgehead atoms. The quantitative estimate of drug-likeness (QED) is 0.466. The molecule has 30 heavy (non-hydrogen) atoms. The third-order valence-electron chi connectivity index (χ3n) is 4.60. The number of likely N-dealkylation sites (tertiary alicyclic amines) is 1. The number of ether oxygens (including phenoxy) is 1. The molecule has 0 aliphatic carbocycles. The van der Waals surface area contributed by atoms with E-state index in [-0.39, 0.29) is 12.5 Å². The molecule has 0 aromatic heterocycles. The molecule has 0 spiro atoms. The molecular weight excluding hydrogens is 429 g/mol. The largest absolute Gasteiger partial charge is 0.460 e. The van der Waals surface area contributed by atoms with Crippen LogP contribution in [0, 0.1) is 5.92 Å². The summed E-state index contributed by atoms with van der Waals surface area (Å²) in [5, 5.41) is 5.90. The van der Waals surface area contributed by atoms with Crippen molar-refractivity contribution in [1.82, 2.24) is 10.2 Å². The zero-order chi connectivity index (χ0) is 22.5. The van der Waals surface area contributed by atoms with Crippen molar-refractivity contribution in [1.29, 1.82) is 0 Å². The number of nitrogens with one attached hydrogen (secondary N) is 2. The van der Waals surface area contributed by atoms with Gasteiger partial charge in [-0.3, -0.25) is 9.59 Å². The molecule has 9 heteroatoms. The van der Waals surface area contributed by atoms with Gasteiger partial charge in [0, 0.05) is 18.8 Å². The average Bonchev–Trinajstić information content (AvgIpc) is 2.93. The van der Waals surface area contributed by atoms with Gasteiger partial charge in [-0.25, -0.2) is 4.79 Å². The number of carbonyl (C=O) groups is 3. The molecule has 1 heterocycles. The number of hydrogen-bond acceptors (Lipinski definition) is 4. The second-order valence-corrected chi connectivity index (χ2v) is 9.15. The third kappa shape index (κ3) is 6.77. The molecule has 0 unspecified atom stereocenters. The molecule has 166 valence electrons. The standard InChI is InChI=1S/C21H29Cl2N3O4/c1-5-6-7-10-26-12-14(19(28)30-21(2,3)4)17(18(26)27)25-20(29)24-13-8-9-15(22)16(23)11-13/h8-9,11,14,17H,5-7,10,12H2,1-4H3,(H2,24,25,29)/t14-,17-/m1/s1. The van der Waals surface area contributed by atoms with E-state index in [1.807, 2.05) is 0 Å². The van der Waals surface area contributed by atoms with Gasteiger partial charge in [0.05, 0.1) is 10.0 Å². The van der Waals surface area contributed by atoms with Crippen LogP contribution in [0.1, 0.15) is 47.0 Å². The van der Waals surface area contributed by atoms with E-state index in [2.05, 4.69) is 17.6 Å². The number of esters is 1. The van der Waals surface area contributed by atoms with Crippen molar-refractivity contribution in [2.45, 2.75) is 58.6 Å². The van der Waals surface area contributed by atoms with E-state index in [1.54, 1.807) is 37.8 Å². The maximum atomic E-state index is 12.9. The Bertz CT molecular complexity index is 795. The number of rotatable bonds is 7. The smallest absolute Gasteiger partial charge is 0.319 e. The van der Waals surface area contributed by atoms with Crippen LogP contribution in [0.5, 0.6) is 0 Å². The van der Waals surface area contributed by atoms with Crippen LogP contribution in [0.2, 0.25) is 10.0 Å². The molecule has 3 amide bonds. The number of halogens is 2. The summed E-state index contributed by atoms with van der Waals surface area (Å²) in [7, 11) is 0. The highest BCUT2D eigenvalue weighted by Gasteiger charge is 2.46. The van der Waals surface area contributed by atoms with Crippen LogP contribution in [-0.2, 0) is 14.3 Å². The summed E-state index contributed by atoms with van der Waals surface area (Å²) in [5.74, 6) is -1.57. The summed E-state index contributed by atoms with van der Waals surface area (Å²) < 4.78 is 5.48. The zero-order valence-corrected chi connectivity index (χ0v) is 19.3. The van der Waals surface area contributed by atoms with E-state index in [4.69, 9.17) is 27.9 Å². The van der Waals surface area contributed by atoms with Crippen LogP contribution in [-0.4, -0.2) is 47.5 Å². The lowest BCUT2D eigenvalue weighted by molar-refractivity contribution is -0.160. The Kier molecular flexibility index (Phi) is 8.38. The summed E-state index contributed by atoms with van der Waals surface area (Å²) in [6.07, 6.45) is 2.84. The second-order valence-electron chi connectivity index (χ2n) is 8.34. The van der Waals surface area contributed by atoms with Gasteiger partial charge in [-0.1, -0.05) is 43.0 Å². The molecule has 7 nitrogen and oxygen atoms in total. The minimum atomic E-state index is -0.996. The molecule has 0 radical (unpaired) electrons. The van der Waals surface area contributed by atoms with Crippen LogP contribution in [0.3, 0.4) is 0 Å². The fraction of sp³-hybridized carbons (Fsp3) is 0.571. The van der Waals surface area contributed by atoms with Crippen molar-refractivity contribution in [3.63, 3.8) is 0 Å². The van der Waals surface area contributed by atoms with Gasteiger partial charge in [-0.2, -0.15) is 0 Å². The predicted molar refractivity (Wildman–Crippen MR) is 118 cm³/mol. The number of anilines is 1. The molecular formula is C21H29Cl2N3O4. The van der Waals surface area contributed by atoms with Gasteiger partial charge in [0.1, 0.15) is 17.6 Å².